The van der Waals surface area contributed by atoms with Crippen molar-refractivity contribution >= 4 is 17.9 Å². The molecule has 2 unspecified atom stereocenters. The van der Waals surface area contributed by atoms with Crippen LogP contribution in [0.4, 0.5) is 4.79 Å². The summed E-state index contributed by atoms with van der Waals surface area (Å²) >= 11 is 0. The van der Waals surface area contributed by atoms with Gasteiger partial charge in [0, 0.05) is 25.7 Å². The van der Waals surface area contributed by atoms with Gasteiger partial charge >= 0.3 is 6.09 Å². The van der Waals surface area contributed by atoms with Crippen molar-refractivity contribution in [2.24, 2.45) is 11.8 Å². The van der Waals surface area contributed by atoms with Crippen LogP contribution in [0.3, 0.4) is 0 Å². The summed E-state index contributed by atoms with van der Waals surface area (Å²) in [5.41, 5.74) is 3.32. The van der Waals surface area contributed by atoms with E-state index in [1.165, 1.54) is 13.8 Å². The second kappa shape index (κ2) is 23.7. The van der Waals surface area contributed by atoms with E-state index >= 15 is 0 Å². The van der Waals surface area contributed by atoms with E-state index in [1.807, 2.05) is 142 Å². The van der Waals surface area contributed by atoms with E-state index in [4.69, 9.17) is 33.2 Å². The van der Waals surface area contributed by atoms with E-state index in [9.17, 15) is 14.4 Å². The molecule has 2 saturated heterocycles. The first kappa shape index (κ1) is 49.1. The largest absolute Gasteiger partial charge is 0.443 e. The summed E-state index contributed by atoms with van der Waals surface area (Å²) in [6.07, 6.45) is -3.23. The molecule has 340 valence electrons. The molecule has 63 heavy (non-hydrogen) atoms. The Morgan fingerprint density at radius 3 is 1.32 bits per heavy atom. The molecule has 1 N–H and O–H groups in total. The molecule has 6 rings (SSSR count). The molecule has 0 spiro atoms. The number of ether oxygens (including phenoxy) is 7. The number of carbonyl (C=O) groups excluding carboxylic acids is 3. The van der Waals surface area contributed by atoms with Gasteiger partial charge < -0.3 is 38.5 Å². The Morgan fingerprint density at radius 2 is 0.921 bits per heavy atom. The van der Waals surface area contributed by atoms with Crippen molar-refractivity contribution in [3.63, 3.8) is 0 Å². The third kappa shape index (κ3) is 14.8. The molecule has 0 aliphatic carbocycles. The zero-order valence-corrected chi connectivity index (χ0v) is 38.2. The van der Waals surface area contributed by atoms with E-state index in [2.05, 4.69) is 12.2 Å². The average Bonchev–Trinajstić information content (AvgIpc) is 3.25. The van der Waals surface area contributed by atoms with Gasteiger partial charge in [0.05, 0.1) is 50.8 Å². The van der Waals surface area contributed by atoms with Crippen molar-refractivity contribution in [3.8, 4) is 0 Å². The van der Waals surface area contributed by atoms with Crippen LogP contribution in [0.15, 0.2) is 121 Å². The number of imide groups is 1. The highest BCUT2D eigenvalue weighted by Gasteiger charge is 2.50. The molecule has 0 bridgehead atoms. The molecule has 10 atom stereocenters. The number of nitrogens with zero attached hydrogens (tertiary/aromatic N) is 1. The van der Waals surface area contributed by atoms with Crippen LogP contribution in [-0.4, -0.2) is 77.5 Å². The summed E-state index contributed by atoms with van der Waals surface area (Å²) in [6.45, 7) is 17.7. The molecule has 3 amide bonds. The summed E-state index contributed by atoms with van der Waals surface area (Å²) in [6, 6.07) is 38.2. The second-order valence-electron chi connectivity index (χ2n) is 17.3. The zero-order valence-electron chi connectivity index (χ0n) is 38.2. The minimum absolute atomic E-state index is 0.0495. The fraction of sp³-hybridized carbons (Fsp3) is 0.471. The van der Waals surface area contributed by atoms with Crippen LogP contribution in [0.5, 0.6) is 0 Å². The monoisotopic (exact) mass is 866 g/mol. The number of rotatable bonds is 14. The van der Waals surface area contributed by atoms with Gasteiger partial charge in [-0.05, 0) is 56.9 Å². The van der Waals surface area contributed by atoms with E-state index in [1.54, 1.807) is 20.8 Å². The van der Waals surface area contributed by atoms with Crippen molar-refractivity contribution in [1.29, 1.82) is 0 Å². The Bertz CT molecular complexity index is 1980. The van der Waals surface area contributed by atoms with Gasteiger partial charge in [0.15, 0.2) is 12.6 Å². The fourth-order valence-corrected chi connectivity index (χ4v) is 7.57. The maximum absolute atomic E-state index is 13.2. The van der Waals surface area contributed by atoms with Crippen LogP contribution in [0, 0.1) is 11.8 Å². The van der Waals surface area contributed by atoms with Gasteiger partial charge in [-0.3, -0.25) is 9.59 Å². The van der Waals surface area contributed by atoms with Crippen molar-refractivity contribution in [1.82, 2.24) is 10.2 Å². The van der Waals surface area contributed by atoms with Crippen LogP contribution in [-0.2, 0) is 69.2 Å². The molecule has 12 heteroatoms. The van der Waals surface area contributed by atoms with Crippen LogP contribution in [0.1, 0.15) is 84.6 Å². The highest BCUT2D eigenvalue weighted by Crippen LogP contribution is 2.34. The predicted octanol–water partition coefficient (Wildman–Crippen LogP) is 9.00. The average molecular weight is 867 g/mol. The molecule has 2 aliphatic heterocycles. The minimum atomic E-state index is -0.890. The molecule has 0 aromatic heterocycles. The lowest BCUT2D eigenvalue weighted by Gasteiger charge is -2.47. The van der Waals surface area contributed by atoms with Crippen molar-refractivity contribution in [2.75, 3.05) is 0 Å². The SMILES string of the molecule is CC(=O)N(C(=O)OC(C)(C)C)[C@@H]1C(OCc2ccccc2)O[C@H](C)[C@H](C)[C@H]1OCc1ccccc1.CC(=O)N[C@@H]1C(OCc2ccccc2)O[C@H](C)[C@H](C)[C@H]1OCc1ccccc1. The summed E-state index contributed by atoms with van der Waals surface area (Å²) in [5.74, 6) is -0.602. The number of nitrogens with one attached hydrogen (secondary N) is 1. The molecule has 4 aromatic carbocycles. The molecular weight excluding hydrogens is 801 g/mol. The van der Waals surface area contributed by atoms with E-state index in [-0.39, 0.29) is 48.7 Å². The predicted molar refractivity (Wildman–Crippen MR) is 240 cm³/mol. The Morgan fingerprint density at radius 1 is 0.556 bits per heavy atom. The standard InChI is InChI=1S/C28H37NO6.C23H29NO4/c1-19-20(2)34-26(33-18-23-15-11-8-12-16-23)24(25(19)32-17-22-13-9-7-10-14-22)29(21(3)30)27(31)35-28(4,5)6;1-16-17(2)28-23(27-15-20-12-8-5-9-13-20)21(24-18(3)25)22(16)26-14-19-10-6-4-7-11-19/h7-16,19-20,24-26H,17-18H2,1-6H3;4-13,16-17,21-23H,14-15H2,1-3H3,(H,24,25)/t19-,20+,24-,25+,26?;16-,17+,21-,22+,23?/m00/s1. The molecule has 2 heterocycles. The van der Waals surface area contributed by atoms with Crippen molar-refractivity contribution in [3.05, 3.63) is 144 Å². The van der Waals surface area contributed by atoms with Gasteiger partial charge in [-0.2, -0.15) is 0 Å². The van der Waals surface area contributed by atoms with E-state index in [0.717, 1.165) is 27.2 Å². The maximum atomic E-state index is 13.2. The van der Waals surface area contributed by atoms with Gasteiger partial charge in [0.1, 0.15) is 17.7 Å². The van der Waals surface area contributed by atoms with Crippen molar-refractivity contribution in [2.45, 2.75) is 143 Å². The topological polar surface area (TPSA) is 131 Å². The lowest BCUT2D eigenvalue weighted by Crippen LogP contribution is -2.64. The summed E-state index contributed by atoms with van der Waals surface area (Å²) in [4.78, 5) is 39.1. The normalized spacial score (nSPS) is 25.8. The van der Waals surface area contributed by atoms with Gasteiger partial charge in [-0.1, -0.05) is 135 Å². The third-order valence-electron chi connectivity index (χ3n) is 11.2. The van der Waals surface area contributed by atoms with Gasteiger partial charge in [-0.15, -0.1) is 0 Å². The smallest absolute Gasteiger partial charge is 0.417 e. The molecule has 4 aromatic rings. The molecule has 12 nitrogen and oxygen atoms in total. The Kier molecular flexibility index (Phi) is 18.4. The Hall–Kier alpha value is -4.95. The van der Waals surface area contributed by atoms with Crippen LogP contribution >= 0.6 is 0 Å². The molecule has 0 radical (unpaired) electrons. The quantitative estimate of drug-likeness (QED) is 0.131. The summed E-state index contributed by atoms with van der Waals surface area (Å²) < 4.78 is 42.8. The molecule has 2 aliphatic rings. The summed E-state index contributed by atoms with van der Waals surface area (Å²) in [5, 5.41) is 2.99. The van der Waals surface area contributed by atoms with Gasteiger partial charge in [0.25, 0.3) is 0 Å². The van der Waals surface area contributed by atoms with Crippen molar-refractivity contribution < 1.29 is 47.5 Å². The highest BCUT2D eigenvalue weighted by atomic mass is 16.7. The number of hydrogen-bond donors (Lipinski definition) is 1. The first-order valence-electron chi connectivity index (χ1n) is 21.8. The fourth-order valence-electron chi connectivity index (χ4n) is 7.57. The van der Waals surface area contributed by atoms with Gasteiger partial charge in [0.2, 0.25) is 11.8 Å². The first-order chi connectivity index (χ1) is 30.1. The highest BCUT2D eigenvalue weighted by molar-refractivity contribution is 5.91. The van der Waals surface area contributed by atoms with Crippen LogP contribution in [0.2, 0.25) is 0 Å². The molecule has 2 fully saturated rings. The lowest BCUT2D eigenvalue weighted by molar-refractivity contribution is -0.272. The second-order valence-corrected chi connectivity index (χ2v) is 17.3. The van der Waals surface area contributed by atoms with Gasteiger partial charge in [-0.25, -0.2) is 9.69 Å². The number of carbonyl (C=O) groups is 3. The van der Waals surface area contributed by atoms with E-state index in [0.29, 0.717) is 19.8 Å². The number of benzene rings is 4. The Balaban J connectivity index is 0.000000243. The third-order valence-corrected chi connectivity index (χ3v) is 11.2. The lowest BCUT2D eigenvalue weighted by atomic mass is 9.88. The molecular formula is C51H66N2O10. The summed E-state index contributed by atoms with van der Waals surface area (Å²) in [7, 11) is 0. The molecule has 0 saturated carbocycles. The van der Waals surface area contributed by atoms with Crippen LogP contribution < -0.4 is 5.32 Å². The zero-order chi connectivity index (χ0) is 45.5. The Labute approximate surface area is 373 Å². The van der Waals surface area contributed by atoms with Crippen LogP contribution in [0.25, 0.3) is 0 Å². The number of amides is 3. The first-order valence-corrected chi connectivity index (χ1v) is 21.8. The maximum Gasteiger partial charge on any atom is 0.417 e. The minimum Gasteiger partial charge on any atom is -0.443 e. The number of hydrogen-bond acceptors (Lipinski definition) is 10. The van der Waals surface area contributed by atoms with E-state index < -0.39 is 42.3 Å².